The third kappa shape index (κ3) is 8.35. The quantitative estimate of drug-likeness (QED) is 0.245. The molecular formula is C19H30IN5S. The topological polar surface area (TPSA) is 52.6 Å². The maximum Gasteiger partial charge on any atom is 0.190 e. The van der Waals surface area contributed by atoms with Crippen molar-refractivity contribution < 1.29 is 0 Å². The highest BCUT2D eigenvalue weighted by Crippen LogP contribution is 2.12. The van der Waals surface area contributed by atoms with Gasteiger partial charge in [0.1, 0.15) is 0 Å². The van der Waals surface area contributed by atoms with E-state index in [1.54, 1.807) is 11.3 Å². The van der Waals surface area contributed by atoms with Gasteiger partial charge in [0.15, 0.2) is 5.96 Å². The first-order valence-electron chi connectivity index (χ1n) is 8.81. The van der Waals surface area contributed by atoms with Crippen LogP contribution in [0.25, 0.3) is 0 Å². The molecule has 1 aromatic heterocycles. The summed E-state index contributed by atoms with van der Waals surface area (Å²) in [6.07, 6.45) is 5.12. The third-order valence-corrected chi connectivity index (χ3v) is 4.91. The summed E-state index contributed by atoms with van der Waals surface area (Å²) in [4.78, 5) is 12.2. The fourth-order valence-electron chi connectivity index (χ4n) is 2.52. The van der Waals surface area contributed by atoms with Crippen LogP contribution in [0.3, 0.4) is 0 Å². The maximum absolute atomic E-state index is 4.38. The van der Waals surface area contributed by atoms with Crippen LogP contribution in [-0.2, 0) is 6.42 Å². The average Bonchev–Trinajstić information content (AvgIpc) is 3.05. The predicted octanol–water partition coefficient (Wildman–Crippen LogP) is 3.69. The minimum atomic E-state index is 0. The number of aliphatic imine (C=N–C) groups is 1. The molecule has 0 fully saturated rings. The molecule has 0 spiro atoms. The molecule has 0 saturated carbocycles. The zero-order chi connectivity index (χ0) is 17.9. The molecule has 0 aliphatic carbocycles. The molecule has 0 radical (unpaired) electrons. The summed E-state index contributed by atoms with van der Waals surface area (Å²) in [5.74, 6) is 0.865. The second kappa shape index (κ2) is 12.9. The van der Waals surface area contributed by atoms with Gasteiger partial charge in [-0.2, -0.15) is 0 Å². The molecule has 2 aromatic rings. The molecule has 5 nitrogen and oxygen atoms in total. The van der Waals surface area contributed by atoms with Crippen LogP contribution in [0.5, 0.6) is 0 Å². The van der Waals surface area contributed by atoms with Crippen LogP contribution >= 0.6 is 35.3 Å². The van der Waals surface area contributed by atoms with E-state index in [1.807, 2.05) is 13.2 Å². The van der Waals surface area contributed by atoms with E-state index in [9.17, 15) is 0 Å². The minimum Gasteiger partial charge on any atom is -0.375 e. The van der Waals surface area contributed by atoms with Crippen LogP contribution in [0.15, 0.2) is 41.5 Å². The lowest BCUT2D eigenvalue weighted by atomic mass is 10.2. The number of nitrogens with zero attached hydrogens (tertiary/aromatic N) is 3. The zero-order valence-electron chi connectivity index (χ0n) is 15.9. The van der Waals surface area contributed by atoms with Crippen LogP contribution in [0, 0.1) is 6.92 Å². The van der Waals surface area contributed by atoms with Crippen molar-refractivity contribution in [2.75, 3.05) is 38.6 Å². The van der Waals surface area contributed by atoms with E-state index >= 15 is 0 Å². The number of hydrogen-bond acceptors (Lipinski definition) is 4. The van der Waals surface area contributed by atoms with E-state index in [0.29, 0.717) is 0 Å². The Kier molecular flexibility index (Phi) is 11.3. The Morgan fingerprint density at radius 3 is 2.54 bits per heavy atom. The molecule has 0 unspecified atom stereocenters. The van der Waals surface area contributed by atoms with Crippen molar-refractivity contribution in [1.29, 1.82) is 0 Å². The van der Waals surface area contributed by atoms with E-state index in [4.69, 9.17) is 0 Å². The lowest BCUT2D eigenvalue weighted by molar-refractivity contribution is 0.686. The number of para-hydroxylation sites is 1. The van der Waals surface area contributed by atoms with Gasteiger partial charge in [-0.3, -0.25) is 4.99 Å². The lowest BCUT2D eigenvalue weighted by Gasteiger charge is -2.19. The number of halogens is 1. The first-order valence-corrected chi connectivity index (χ1v) is 9.62. The van der Waals surface area contributed by atoms with Gasteiger partial charge in [0.05, 0.1) is 5.01 Å². The van der Waals surface area contributed by atoms with E-state index in [-0.39, 0.29) is 24.0 Å². The normalized spacial score (nSPS) is 11.0. The molecule has 0 saturated heterocycles. The van der Waals surface area contributed by atoms with Crippen molar-refractivity contribution in [2.24, 2.45) is 4.99 Å². The van der Waals surface area contributed by atoms with E-state index in [2.05, 4.69) is 69.8 Å². The van der Waals surface area contributed by atoms with Crippen LogP contribution in [-0.4, -0.2) is 44.7 Å². The predicted molar refractivity (Wildman–Crippen MR) is 124 cm³/mol. The summed E-state index contributed by atoms with van der Waals surface area (Å²) in [5.41, 5.74) is 1.27. The molecule has 0 amide bonds. The number of guanidine groups is 1. The fourth-order valence-corrected chi connectivity index (χ4v) is 3.30. The van der Waals surface area contributed by atoms with Gasteiger partial charge in [-0.25, -0.2) is 4.98 Å². The van der Waals surface area contributed by atoms with Crippen LogP contribution in [0.2, 0.25) is 0 Å². The van der Waals surface area contributed by atoms with Gasteiger partial charge < -0.3 is 15.5 Å². The number of thiazole rings is 1. The highest BCUT2D eigenvalue weighted by Gasteiger charge is 2.02. The van der Waals surface area contributed by atoms with Crippen LogP contribution in [0.1, 0.15) is 22.7 Å². The molecule has 2 rings (SSSR count). The molecule has 7 heteroatoms. The Labute approximate surface area is 178 Å². The van der Waals surface area contributed by atoms with Crippen molar-refractivity contribution >= 4 is 47.0 Å². The summed E-state index contributed by atoms with van der Waals surface area (Å²) < 4.78 is 0. The number of nitrogens with one attached hydrogen (secondary N) is 2. The number of benzene rings is 1. The number of aromatic nitrogens is 1. The second-order valence-electron chi connectivity index (χ2n) is 6.00. The molecule has 144 valence electrons. The molecule has 1 heterocycles. The maximum atomic E-state index is 4.38. The first kappa shape index (κ1) is 22.7. The zero-order valence-corrected chi connectivity index (χ0v) is 19.0. The van der Waals surface area contributed by atoms with E-state index < -0.39 is 0 Å². The van der Waals surface area contributed by atoms with Gasteiger partial charge in [-0.1, -0.05) is 18.2 Å². The Hall–Kier alpha value is -1.35. The van der Waals surface area contributed by atoms with Gasteiger partial charge >= 0.3 is 0 Å². The van der Waals surface area contributed by atoms with Gasteiger partial charge in [0.25, 0.3) is 0 Å². The van der Waals surface area contributed by atoms with Gasteiger partial charge in [-0.05, 0) is 31.9 Å². The first-order chi connectivity index (χ1) is 12.2. The monoisotopic (exact) mass is 487 g/mol. The largest absolute Gasteiger partial charge is 0.375 e. The highest BCUT2D eigenvalue weighted by molar-refractivity contribution is 14.0. The Morgan fingerprint density at radius 2 is 1.88 bits per heavy atom. The third-order valence-electron chi connectivity index (χ3n) is 3.93. The van der Waals surface area contributed by atoms with Crippen molar-refractivity contribution in [2.45, 2.75) is 26.2 Å². The summed E-state index contributed by atoms with van der Waals surface area (Å²) in [6, 6.07) is 10.5. The Bertz CT molecular complexity index is 644. The number of aryl methyl sites for hydroxylation is 1. The molecule has 1 aromatic carbocycles. The molecule has 0 atom stereocenters. The summed E-state index contributed by atoms with van der Waals surface area (Å²) in [7, 11) is 3.95. The molecule has 0 bridgehead atoms. The van der Waals surface area contributed by atoms with Crippen molar-refractivity contribution in [1.82, 2.24) is 15.6 Å². The van der Waals surface area contributed by atoms with E-state index in [0.717, 1.165) is 44.9 Å². The Morgan fingerprint density at radius 1 is 1.15 bits per heavy atom. The van der Waals surface area contributed by atoms with Gasteiger partial charge in [0, 0.05) is 56.9 Å². The van der Waals surface area contributed by atoms with Crippen molar-refractivity contribution in [3.63, 3.8) is 0 Å². The molecule has 0 aliphatic heterocycles. The van der Waals surface area contributed by atoms with Gasteiger partial charge in [-0.15, -0.1) is 35.3 Å². The SMILES string of the molecule is CN=C(NCCCCN(C)c1ccccc1)NCCc1ncc(C)s1.I. The van der Waals surface area contributed by atoms with Gasteiger partial charge in [0.2, 0.25) is 0 Å². The van der Waals surface area contributed by atoms with Crippen LogP contribution < -0.4 is 15.5 Å². The summed E-state index contributed by atoms with van der Waals surface area (Å²) in [5, 5.41) is 7.90. The minimum absolute atomic E-state index is 0. The summed E-state index contributed by atoms with van der Waals surface area (Å²) in [6.45, 7) is 4.92. The molecular weight excluding hydrogens is 457 g/mol. The number of hydrogen-bond donors (Lipinski definition) is 2. The number of unbranched alkanes of at least 4 members (excludes halogenated alkanes) is 1. The summed E-state index contributed by atoms with van der Waals surface area (Å²) >= 11 is 1.76. The van der Waals surface area contributed by atoms with Crippen molar-refractivity contribution in [3.05, 3.63) is 46.4 Å². The standard InChI is InChI=1S/C19H29N5S.HI/c1-16-15-23-18(25-16)11-13-22-19(20-2)21-12-7-8-14-24(3)17-9-5-4-6-10-17;/h4-6,9-10,15H,7-8,11-14H2,1-3H3,(H2,20,21,22);1H. The van der Waals surface area contributed by atoms with E-state index in [1.165, 1.54) is 15.6 Å². The fraction of sp³-hybridized carbons (Fsp3) is 0.474. The number of rotatable bonds is 9. The Balaban J connectivity index is 0.00000338. The molecule has 2 N–H and O–H groups in total. The molecule has 26 heavy (non-hydrogen) atoms. The highest BCUT2D eigenvalue weighted by atomic mass is 127. The smallest absolute Gasteiger partial charge is 0.190 e. The number of anilines is 1. The lowest BCUT2D eigenvalue weighted by Crippen LogP contribution is -2.38. The average molecular weight is 487 g/mol. The molecule has 0 aliphatic rings. The van der Waals surface area contributed by atoms with Crippen molar-refractivity contribution in [3.8, 4) is 0 Å². The van der Waals surface area contributed by atoms with Crippen LogP contribution in [0.4, 0.5) is 5.69 Å². The second-order valence-corrected chi connectivity index (χ2v) is 7.32.